The highest BCUT2D eigenvalue weighted by Gasteiger charge is 2.28. The minimum atomic E-state index is -0.897. The number of rotatable bonds is 2. The van der Waals surface area contributed by atoms with Crippen LogP contribution in [0.3, 0.4) is 0 Å². The van der Waals surface area contributed by atoms with Crippen molar-refractivity contribution in [1.82, 2.24) is 0 Å². The number of nitrogens with one attached hydrogen (secondary N) is 1. The molecule has 2 atom stereocenters. The molecule has 0 aliphatic carbocycles. The maximum atomic E-state index is 11.5. The van der Waals surface area contributed by atoms with Crippen LogP contribution >= 0.6 is 0 Å². The third-order valence-corrected chi connectivity index (χ3v) is 3.94. The average Bonchev–Trinajstić information content (AvgIpc) is 2.86. The van der Waals surface area contributed by atoms with Crippen molar-refractivity contribution in [3.05, 3.63) is 48.0 Å². The Kier molecular flexibility index (Phi) is 3.94. The number of carbonyl (C=O) groups is 1. The second-order valence-corrected chi connectivity index (χ2v) is 5.37. The van der Waals surface area contributed by atoms with E-state index in [1.54, 1.807) is 24.3 Å². The second kappa shape index (κ2) is 5.91. The molecule has 2 unspecified atom stereocenters. The molecule has 1 heterocycles. The van der Waals surface area contributed by atoms with Gasteiger partial charge in [0.05, 0.1) is 18.5 Å². The van der Waals surface area contributed by atoms with Crippen LogP contribution in [0, 0.1) is 6.92 Å². The van der Waals surface area contributed by atoms with E-state index in [9.17, 15) is 15.0 Å². The van der Waals surface area contributed by atoms with Gasteiger partial charge in [-0.2, -0.15) is 0 Å². The lowest BCUT2D eigenvalue weighted by Crippen LogP contribution is -2.37. The number of aryl methyl sites for hydroxylation is 1. The van der Waals surface area contributed by atoms with Crippen LogP contribution in [0.4, 0.5) is 16.2 Å². The molecule has 0 fully saturated rings. The first-order valence-corrected chi connectivity index (χ1v) is 7.23. The van der Waals surface area contributed by atoms with Crippen molar-refractivity contribution in [2.24, 2.45) is 0 Å². The Morgan fingerprint density at radius 2 is 1.83 bits per heavy atom. The molecule has 23 heavy (non-hydrogen) atoms. The van der Waals surface area contributed by atoms with Gasteiger partial charge in [-0.1, -0.05) is 24.3 Å². The molecule has 0 saturated heterocycles. The summed E-state index contributed by atoms with van der Waals surface area (Å²) in [5, 5.41) is 24.6. The minimum absolute atomic E-state index is 0.553. The van der Waals surface area contributed by atoms with E-state index in [1.807, 2.05) is 25.1 Å². The molecule has 2 aromatic rings. The number of nitrogens with zero attached hydrogens (tertiary/aromatic N) is 1. The van der Waals surface area contributed by atoms with Crippen molar-refractivity contribution < 1.29 is 19.7 Å². The lowest BCUT2D eigenvalue weighted by atomic mass is 10.0. The maximum absolute atomic E-state index is 11.5. The molecule has 120 valence electrons. The smallest absolute Gasteiger partial charge is 0.411 e. The highest BCUT2D eigenvalue weighted by Crippen LogP contribution is 2.37. The first-order valence-electron chi connectivity index (χ1n) is 7.23. The van der Waals surface area contributed by atoms with Crippen molar-refractivity contribution in [2.45, 2.75) is 19.4 Å². The summed E-state index contributed by atoms with van der Waals surface area (Å²) in [6.07, 6.45) is 0.736. The summed E-state index contributed by atoms with van der Waals surface area (Å²) in [6.45, 7) is 1.91. The molecule has 1 aliphatic heterocycles. The van der Waals surface area contributed by atoms with Crippen molar-refractivity contribution in [3.8, 4) is 0 Å². The number of benzene rings is 2. The average molecular weight is 314 g/mol. The molecule has 3 N–H and O–H groups in total. The number of anilines is 2. The summed E-state index contributed by atoms with van der Waals surface area (Å²) in [5.74, 6) is 0. The van der Waals surface area contributed by atoms with Crippen molar-refractivity contribution in [2.75, 3.05) is 17.3 Å². The quantitative estimate of drug-likeness (QED) is 0.741. The molecule has 6 nitrogen and oxygen atoms in total. The van der Waals surface area contributed by atoms with E-state index in [4.69, 9.17) is 0 Å². The molecule has 3 rings (SSSR count). The zero-order chi connectivity index (χ0) is 16.6. The number of ether oxygens (including phenoxy) is 1. The van der Waals surface area contributed by atoms with Gasteiger partial charge >= 0.3 is 6.09 Å². The standard InChI is InChI=1S/C17H18N2O4/c1-10-6-7-11-12(4-3-5-13(11)18-17(22)23-2)16(10)19-14(20)8-9-15(19)21/h3-9,14-15,20-21H,1-2H3,(H,18,22). The van der Waals surface area contributed by atoms with Crippen LogP contribution < -0.4 is 10.2 Å². The third-order valence-electron chi connectivity index (χ3n) is 3.94. The molecule has 6 heteroatoms. The molecule has 0 radical (unpaired) electrons. The van der Waals surface area contributed by atoms with Crippen molar-refractivity contribution in [3.63, 3.8) is 0 Å². The predicted molar refractivity (Wildman–Crippen MR) is 88.3 cm³/mol. The number of fused-ring (bicyclic) bond motifs is 1. The number of amides is 1. The van der Waals surface area contributed by atoms with Gasteiger partial charge in [0.25, 0.3) is 0 Å². The zero-order valence-corrected chi connectivity index (χ0v) is 12.9. The fourth-order valence-corrected chi connectivity index (χ4v) is 2.87. The predicted octanol–water partition coefficient (Wildman–Crippen LogP) is 2.34. The van der Waals surface area contributed by atoms with Crippen LogP contribution in [0.2, 0.25) is 0 Å². The highest BCUT2D eigenvalue weighted by molar-refractivity contribution is 6.06. The lowest BCUT2D eigenvalue weighted by Gasteiger charge is -2.29. The fraction of sp³-hybridized carbons (Fsp3) is 0.235. The molecule has 2 aromatic carbocycles. The Morgan fingerprint density at radius 1 is 1.13 bits per heavy atom. The zero-order valence-electron chi connectivity index (χ0n) is 12.9. The van der Waals surface area contributed by atoms with Gasteiger partial charge in [-0.05, 0) is 30.7 Å². The summed E-state index contributed by atoms with van der Waals surface area (Å²) in [4.78, 5) is 13.0. The first kappa shape index (κ1) is 15.3. The summed E-state index contributed by atoms with van der Waals surface area (Å²) >= 11 is 0. The summed E-state index contributed by atoms with van der Waals surface area (Å²) < 4.78 is 4.64. The van der Waals surface area contributed by atoms with Crippen molar-refractivity contribution >= 4 is 28.2 Å². The highest BCUT2D eigenvalue weighted by atomic mass is 16.5. The number of hydrogen-bond acceptors (Lipinski definition) is 5. The SMILES string of the molecule is COC(=O)Nc1cccc2c(N3C(O)C=CC3O)c(C)ccc12. The van der Waals surface area contributed by atoms with E-state index < -0.39 is 18.5 Å². The number of carbonyl (C=O) groups excluding carboxylic acids is 1. The van der Waals surface area contributed by atoms with E-state index in [0.717, 1.165) is 22.0 Å². The Morgan fingerprint density at radius 3 is 2.48 bits per heavy atom. The van der Waals surface area contributed by atoms with Crippen molar-refractivity contribution in [1.29, 1.82) is 0 Å². The minimum Gasteiger partial charge on any atom is -0.453 e. The van der Waals surface area contributed by atoms with Crippen LogP contribution in [-0.2, 0) is 4.74 Å². The summed E-state index contributed by atoms with van der Waals surface area (Å²) in [6, 6.07) is 9.24. The van der Waals surface area contributed by atoms with Crippen LogP contribution in [0.1, 0.15) is 5.56 Å². The molecular weight excluding hydrogens is 296 g/mol. The van der Waals surface area contributed by atoms with Crippen LogP contribution in [0.15, 0.2) is 42.5 Å². The van der Waals surface area contributed by atoms with E-state index in [1.165, 1.54) is 12.0 Å². The maximum Gasteiger partial charge on any atom is 0.411 e. The van der Waals surface area contributed by atoms with Gasteiger partial charge in [-0.15, -0.1) is 0 Å². The Hall–Kier alpha value is -2.57. The lowest BCUT2D eigenvalue weighted by molar-refractivity contribution is 0.154. The van der Waals surface area contributed by atoms with Gasteiger partial charge in [0.1, 0.15) is 12.5 Å². The molecule has 0 aromatic heterocycles. The Labute approximate surface area is 133 Å². The Bertz CT molecular complexity index is 776. The molecule has 1 amide bonds. The second-order valence-electron chi connectivity index (χ2n) is 5.37. The van der Waals surface area contributed by atoms with Gasteiger partial charge in [0.2, 0.25) is 0 Å². The van der Waals surface area contributed by atoms with Crippen LogP contribution in [0.5, 0.6) is 0 Å². The number of methoxy groups -OCH3 is 1. The third kappa shape index (κ3) is 2.62. The molecular formula is C17H18N2O4. The number of hydrogen-bond donors (Lipinski definition) is 3. The van der Waals surface area contributed by atoms with Crippen LogP contribution in [0.25, 0.3) is 10.8 Å². The van der Waals surface area contributed by atoms with Gasteiger partial charge in [0, 0.05) is 10.8 Å². The van der Waals surface area contributed by atoms with Crippen LogP contribution in [-0.4, -0.2) is 35.9 Å². The summed E-state index contributed by atoms with van der Waals surface area (Å²) in [7, 11) is 1.30. The largest absolute Gasteiger partial charge is 0.453 e. The molecule has 1 aliphatic rings. The van der Waals surface area contributed by atoms with E-state index in [2.05, 4.69) is 10.1 Å². The van der Waals surface area contributed by atoms with E-state index >= 15 is 0 Å². The molecule has 0 spiro atoms. The van der Waals surface area contributed by atoms with Gasteiger partial charge in [-0.25, -0.2) is 4.79 Å². The fourth-order valence-electron chi connectivity index (χ4n) is 2.87. The van der Waals surface area contributed by atoms with Gasteiger partial charge in [-0.3, -0.25) is 5.32 Å². The monoisotopic (exact) mass is 314 g/mol. The Balaban J connectivity index is 2.17. The molecule has 0 saturated carbocycles. The first-order chi connectivity index (χ1) is 11.0. The topological polar surface area (TPSA) is 82.0 Å². The van der Waals surface area contributed by atoms with Gasteiger partial charge < -0.3 is 19.8 Å². The van der Waals surface area contributed by atoms with E-state index in [0.29, 0.717) is 5.69 Å². The normalized spacial score (nSPS) is 20.1. The molecule has 0 bridgehead atoms. The van der Waals surface area contributed by atoms with E-state index in [-0.39, 0.29) is 0 Å². The number of aliphatic hydroxyl groups excluding tert-OH is 2. The number of aliphatic hydroxyl groups is 2. The van der Waals surface area contributed by atoms with Gasteiger partial charge in [0.15, 0.2) is 0 Å². The summed E-state index contributed by atoms with van der Waals surface area (Å²) in [5.41, 5.74) is 2.24.